The van der Waals surface area contributed by atoms with E-state index in [4.69, 9.17) is 5.73 Å². The molecule has 2 nitrogen and oxygen atoms in total. The summed E-state index contributed by atoms with van der Waals surface area (Å²) in [5, 5.41) is 0. The molecule has 0 spiro atoms. The van der Waals surface area contributed by atoms with Crippen molar-refractivity contribution in [2.45, 2.75) is 72.3 Å². The predicted octanol–water partition coefficient (Wildman–Crippen LogP) is 3.65. The highest BCUT2D eigenvalue weighted by molar-refractivity contribution is 4.86. The van der Waals surface area contributed by atoms with Gasteiger partial charge >= 0.3 is 0 Å². The first-order chi connectivity index (χ1) is 8.54. The zero-order valence-corrected chi connectivity index (χ0v) is 13.0. The summed E-state index contributed by atoms with van der Waals surface area (Å²) in [4.78, 5) is 2.75. The molecular formula is C16H34N2. The van der Waals surface area contributed by atoms with Gasteiger partial charge in [-0.1, -0.05) is 47.0 Å². The van der Waals surface area contributed by atoms with E-state index in [1.54, 1.807) is 0 Å². The minimum Gasteiger partial charge on any atom is -0.330 e. The topological polar surface area (TPSA) is 29.3 Å². The molecule has 2 unspecified atom stereocenters. The Kier molecular flexibility index (Phi) is 6.65. The van der Waals surface area contributed by atoms with Crippen LogP contribution >= 0.6 is 0 Å². The first-order valence-electron chi connectivity index (χ1n) is 7.98. The lowest BCUT2D eigenvalue weighted by Crippen LogP contribution is -2.48. The average molecular weight is 254 g/mol. The van der Waals surface area contributed by atoms with Crippen LogP contribution in [-0.2, 0) is 0 Å². The monoisotopic (exact) mass is 254 g/mol. The van der Waals surface area contributed by atoms with Crippen LogP contribution in [0.15, 0.2) is 0 Å². The molecule has 0 aliphatic heterocycles. The molecule has 0 aromatic heterocycles. The maximum Gasteiger partial charge on any atom is 0.0124 e. The summed E-state index contributed by atoms with van der Waals surface area (Å²) in [5.74, 6) is 0.916. The van der Waals surface area contributed by atoms with E-state index in [1.807, 2.05) is 0 Å². The van der Waals surface area contributed by atoms with Crippen molar-refractivity contribution >= 4 is 0 Å². The highest BCUT2D eigenvalue weighted by atomic mass is 15.2. The van der Waals surface area contributed by atoms with E-state index in [-0.39, 0.29) is 5.41 Å². The van der Waals surface area contributed by atoms with E-state index in [0.717, 1.165) is 18.5 Å². The third kappa shape index (κ3) is 4.55. The zero-order valence-electron chi connectivity index (χ0n) is 13.0. The fourth-order valence-corrected chi connectivity index (χ4v) is 3.41. The third-order valence-electron chi connectivity index (χ3n) is 4.56. The lowest BCUT2D eigenvalue weighted by molar-refractivity contribution is 0.0670. The molecule has 1 aliphatic rings. The minimum atomic E-state index is 0.255. The zero-order chi connectivity index (χ0) is 13.6. The standard InChI is InChI=1S/C16H34N2/c1-5-11-18(13-16(3,4)12-17)15-10-8-7-9-14(15)6-2/h14-15H,5-13,17H2,1-4H3. The molecule has 18 heavy (non-hydrogen) atoms. The summed E-state index contributed by atoms with van der Waals surface area (Å²) in [5.41, 5.74) is 6.18. The molecule has 0 bridgehead atoms. The van der Waals surface area contributed by atoms with Crippen LogP contribution in [0.5, 0.6) is 0 Å². The van der Waals surface area contributed by atoms with Gasteiger partial charge in [0.25, 0.3) is 0 Å². The predicted molar refractivity (Wildman–Crippen MR) is 80.7 cm³/mol. The number of nitrogens with two attached hydrogens (primary N) is 1. The third-order valence-corrected chi connectivity index (χ3v) is 4.56. The van der Waals surface area contributed by atoms with Gasteiger partial charge < -0.3 is 5.73 Å². The highest BCUT2D eigenvalue weighted by Gasteiger charge is 2.31. The summed E-state index contributed by atoms with van der Waals surface area (Å²) >= 11 is 0. The molecule has 2 N–H and O–H groups in total. The van der Waals surface area contributed by atoms with Crippen LogP contribution in [0.3, 0.4) is 0 Å². The molecule has 0 saturated heterocycles. The molecule has 2 atom stereocenters. The van der Waals surface area contributed by atoms with E-state index >= 15 is 0 Å². The number of nitrogens with zero attached hydrogens (tertiary/aromatic N) is 1. The van der Waals surface area contributed by atoms with Gasteiger partial charge in [-0.2, -0.15) is 0 Å². The van der Waals surface area contributed by atoms with Gasteiger partial charge in [0, 0.05) is 12.6 Å². The Labute approximate surface area is 114 Å². The Morgan fingerprint density at radius 3 is 2.39 bits per heavy atom. The Morgan fingerprint density at radius 2 is 1.83 bits per heavy atom. The molecular weight excluding hydrogens is 220 g/mol. The molecule has 0 amide bonds. The second-order valence-corrected chi connectivity index (χ2v) is 6.86. The molecule has 1 fully saturated rings. The normalized spacial score (nSPS) is 25.7. The molecule has 2 heteroatoms. The number of rotatable bonds is 7. The van der Waals surface area contributed by atoms with Crippen molar-refractivity contribution in [3.05, 3.63) is 0 Å². The summed E-state index contributed by atoms with van der Waals surface area (Å²) in [6, 6.07) is 0.814. The van der Waals surface area contributed by atoms with Crippen LogP contribution in [0, 0.1) is 11.3 Å². The van der Waals surface area contributed by atoms with Crippen molar-refractivity contribution in [2.75, 3.05) is 19.6 Å². The fraction of sp³-hybridized carbons (Fsp3) is 1.00. The Hall–Kier alpha value is -0.0800. The molecule has 108 valence electrons. The van der Waals surface area contributed by atoms with Crippen molar-refractivity contribution in [1.82, 2.24) is 4.90 Å². The van der Waals surface area contributed by atoms with Crippen molar-refractivity contribution in [1.29, 1.82) is 0 Å². The SMILES string of the molecule is CCCN(CC(C)(C)CN)C1CCCCC1CC. The van der Waals surface area contributed by atoms with Crippen molar-refractivity contribution < 1.29 is 0 Å². The highest BCUT2D eigenvalue weighted by Crippen LogP contribution is 2.32. The summed E-state index contributed by atoms with van der Waals surface area (Å²) < 4.78 is 0. The van der Waals surface area contributed by atoms with Gasteiger partial charge in [-0.15, -0.1) is 0 Å². The molecule has 1 aliphatic carbocycles. The van der Waals surface area contributed by atoms with Crippen LogP contribution in [0.1, 0.15) is 66.2 Å². The average Bonchev–Trinajstić information content (AvgIpc) is 2.38. The first-order valence-corrected chi connectivity index (χ1v) is 7.98. The maximum absolute atomic E-state index is 5.92. The van der Waals surface area contributed by atoms with Crippen LogP contribution in [0.25, 0.3) is 0 Å². The van der Waals surface area contributed by atoms with E-state index in [1.165, 1.54) is 51.6 Å². The molecule has 0 heterocycles. The van der Waals surface area contributed by atoms with Gasteiger partial charge in [0.2, 0.25) is 0 Å². The molecule has 1 saturated carbocycles. The van der Waals surface area contributed by atoms with Gasteiger partial charge in [0.1, 0.15) is 0 Å². The van der Waals surface area contributed by atoms with E-state index < -0.39 is 0 Å². The van der Waals surface area contributed by atoms with Crippen molar-refractivity contribution in [3.63, 3.8) is 0 Å². The van der Waals surface area contributed by atoms with Crippen LogP contribution < -0.4 is 5.73 Å². The van der Waals surface area contributed by atoms with E-state index in [9.17, 15) is 0 Å². The number of hydrogen-bond donors (Lipinski definition) is 1. The summed E-state index contributed by atoms with van der Waals surface area (Å²) in [6.45, 7) is 12.5. The summed E-state index contributed by atoms with van der Waals surface area (Å²) in [7, 11) is 0. The molecule has 0 aromatic rings. The maximum atomic E-state index is 5.92. The molecule has 0 aromatic carbocycles. The fourth-order valence-electron chi connectivity index (χ4n) is 3.41. The Morgan fingerprint density at radius 1 is 1.17 bits per heavy atom. The minimum absolute atomic E-state index is 0.255. The van der Waals surface area contributed by atoms with Crippen LogP contribution in [0.2, 0.25) is 0 Å². The van der Waals surface area contributed by atoms with Crippen molar-refractivity contribution in [3.8, 4) is 0 Å². The molecule has 0 radical (unpaired) electrons. The summed E-state index contributed by atoms with van der Waals surface area (Å²) in [6.07, 6.45) is 8.30. The van der Waals surface area contributed by atoms with Gasteiger partial charge in [0.05, 0.1) is 0 Å². The van der Waals surface area contributed by atoms with Crippen LogP contribution in [-0.4, -0.2) is 30.6 Å². The molecule has 1 rings (SSSR count). The second kappa shape index (κ2) is 7.49. The smallest absolute Gasteiger partial charge is 0.0124 e. The lowest BCUT2D eigenvalue weighted by Gasteiger charge is -2.43. The second-order valence-electron chi connectivity index (χ2n) is 6.86. The van der Waals surface area contributed by atoms with Gasteiger partial charge in [-0.25, -0.2) is 0 Å². The van der Waals surface area contributed by atoms with E-state index in [0.29, 0.717) is 0 Å². The number of hydrogen-bond acceptors (Lipinski definition) is 2. The van der Waals surface area contributed by atoms with E-state index in [2.05, 4.69) is 32.6 Å². The quantitative estimate of drug-likeness (QED) is 0.751. The lowest BCUT2D eigenvalue weighted by atomic mass is 9.80. The Bertz CT molecular complexity index is 225. The first kappa shape index (κ1) is 16.0. The van der Waals surface area contributed by atoms with Crippen molar-refractivity contribution in [2.24, 2.45) is 17.1 Å². The van der Waals surface area contributed by atoms with Gasteiger partial charge in [0.15, 0.2) is 0 Å². The van der Waals surface area contributed by atoms with Crippen LogP contribution in [0.4, 0.5) is 0 Å². The largest absolute Gasteiger partial charge is 0.330 e. The van der Waals surface area contributed by atoms with Gasteiger partial charge in [-0.05, 0) is 43.7 Å². The van der Waals surface area contributed by atoms with Gasteiger partial charge in [-0.3, -0.25) is 4.90 Å². The Balaban J connectivity index is 2.69.